The van der Waals surface area contributed by atoms with Crippen molar-refractivity contribution >= 4 is 11.6 Å². The third-order valence-electron chi connectivity index (χ3n) is 3.84. The molecule has 3 aromatic rings. The molecule has 7 heteroatoms. The van der Waals surface area contributed by atoms with Gasteiger partial charge in [-0.25, -0.2) is 4.79 Å². The third kappa shape index (κ3) is 4.29. The fourth-order valence-electron chi connectivity index (χ4n) is 2.52. The van der Waals surface area contributed by atoms with Crippen molar-refractivity contribution in [1.82, 2.24) is 10.6 Å². The zero-order valence-corrected chi connectivity index (χ0v) is 14.5. The molecule has 25 heavy (non-hydrogen) atoms. The van der Waals surface area contributed by atoms with Gasteiger partial charge < -0.3 is 10.1 Å². The molecular formula is C18H19ClN3O3+. The Balaban J connectivity index is 1.64. The number of methoxy groups -OCH3 is 1. The Morgan fingerprint density at radius 2 is 2.04 bits per heavy atom. The van der Waals surface area contributed by atoms with E-state index in [1.54, 1.807) is 11.8 Å². The molecule has 3 rings (SSSR count). The highest BCUT2D eigenvalue weighted by molar-refractivity contribution is 6.30. The Bertz CT molecular complexity index is 887. The Hall–Kier alpha value is -2.57. The zero-order valence-electron chi connectivity index (χ0n) is 13.8. The number of nitrogens with zero attached hydrogens (tertiary/aromatic N) is 1. The Labute approximate surface area is 149 Å². The molecule has 6 nitrogen and oxygen atoms in total. The van der Waals surface area contributed by atoms with Gasteiger partial charge in [0.1, 0.15) is 5.75 Å². The zero-order chi connectivity index (χ0) is 17.6. The molecule has 0 amide bonds. The maximum atomic E-state index is 11.9. The van der Waals surface area contributed by atoms with Gasteiger partial charge in [0, 0.05) is 17.2 Å². The summed E-state index contributed by atoms with van der Waals surface area (Å²) >= 11 is 5.98. The highest BCUT2D eigenvalue weighted by atomic mass is 35.5. The van der Waals surface area contributed by atoms with E-state index < -0.39 is 5.63 Å². The molecule has 130 valence electrons. The molecule has 2 aromatic carbocycles. The molecule has 0 aliphatic rings. The first-order valence-electron chi connectivity index (χ1n) is 7.89. The number of halogens is 1. The van der Waals surface area contributed by atoms with E-state index in [0.717, 1.165) is 28.4 Å². The molecule has 0 aliphatic heterocycles. The summed E-state index contributed by atoms with van der Waals surface area (Å²) in [7, 11) is 1.61. The topological polar surface area (TPSA) is 71.1 Å². The van der Waals surface area contributed by atoms with Crippen LogP contribution in [0.25, 0.3) is 5.69 Å². The molecule has 0 unspecified atom stereocenters. The standard InChI is InChI=1S/C18H18ClN3O3/c1-24-16-7-5-15(6-8-16)22-17(18(23)25-21-22)12-20-10-9-13-3-2-4-14(19)11-13/h2-8,11,20H,9-10,12H2,1H3/p+1. The number of ether oxygens (including phenoxy) is 1. The molecule has 0 spiro atoms. The summed E-state index contributed by atoms with van der Waals surface area (Å²) in [4.78, 5) is 11.9. The number of H-pyrrole nitrogens is 1. The van der Waals surface area contributed by atoms with E-state index in [1.165, 1.54) is 0 Å². The van der Waals surface area contributed by atoms with Crippen LogP contribution in [-0.4, -0.2) is 18.9 Å². The summed E-state index contributed by atoms with van der Waals surface area (Å²) in [6.45, 7) is 1.10. The first-order chi connectivity index (χ1) is 12.2. The minimum atomic E-state index is -0.397. The maximum absolute atomic E-state index is 11.9. The fourth-order valence-corrected chi connectivity index (χ4v) is 2.73. The largest absolute Gasteiger partial charge is 0.497 e. The van der Waals surface area contributed by atoms with Crippen molar-refractivity contribution in [2.75, 3.05) is 13.7 Å². The summed E-state index contributed by atoms with van der Waals surface area (Å²) in [5.74, 6) is 0.747. The lowest BCUT2D eigenvalue weighted by atomic mass is 10.1. The van der Waals surface area contributed by atoms with Gasteiger partial charge in [-0.15, -0.1) is 0 Å². The molecule has 0 fully saturated rings. The number of benzene rings is 2. The lowest BCUT2D eigenvalue weighted by Crippen LogP contribution is -2.41. The minimum absolute atomic E-state index is 0.387. The van der Waals surface area contributed by atoms with Crippen molar-refractivity contribution in [2.45, 2.75) is 13.0 Å². The monoisotopic (exact) mass is 360 g/mol. The van der Waals surface area contributed by atoms with Gasteiger partial charge >= 0.3 is 11.3 Å². The van der Waals surface area contributed by atoms with Crippen LogP contribution in [0, 0.1) is 0 Å². The smallest absolute Gasteiger partial charge is 0.431 e. The molecule has 1 aromatic heterocycles. The highest BCUT2D eigenvalue weighted by Gasteiger charge is 2.22. The molecule has 0 bridgehead atoms. The molecule has 1 heterocycles. The molecule has 2 N–H and O–H groups in total. The van der Waals surface area contributed by atoms with Crippen LogP contribution < -0.4 is 20.4 Å². The first kappa shape index (κ1) is 17.3. The summed E-state index contributed by atoms with van der Waals surface area (Å²) < 4.78 is 11.7. The molecule has 0 radical (unpaired) electrons. The second-order valence-electron chi connectivity index (χ2n) is 5.52. The van der Waals surface area contributed by atoms with E-state index in [4.69, 9.17) is 20.9 Å². The fraction of sp³-hybridized carbons (Fsp3) is 0.222. The van der Waals surface area contributed by atoms with Gasteiger partial charge in [0.15, 0.2) is 0 Å². The molecular weight excluding hydrogens is 342 g/mol. The maximum Gasteiger partial charge on any atom is 0.431 e. The van der Waals surface area contributed by atoms with Gasteiger partial charge in [-0.1, -0.05) is 23.7 Å². The second-order valence-corrected chi connectivity index (χ2v) is 5.95. The minimum Gasteiger partial charge on any atom is -0.497 e. The molecule has 0 saturated heterocycles. The van der Waals surface area contributed by atoms with Gasteiger partial charge in [-0.3, -0.25) is 4.52 Å². The van der Waals surface area contributed by atoms with Gasteiger partial charge in [-0.05, 0) is 52.7 Å². The summed E-state index contributed by atoms with van der Waals surface area (Å²) in [5, 5.41) is 6.61. The quantitative estimate of drug-likeness (QED) is 0.500. The lowest BCUT2D eigenvalue weighted by Gasteiger charge is -2.03. The van der Waals surface area contributed by atoms with Crippen LogP contribution >= 0.6 is 11.6 Å². The van der Waals surface area contributed by atoms with E-state index in [2.05, 4.69) is 10.6 Å². The van der Waals surface area contributed by atoms with Crippen LogP contribution in [0.2, 0.25) is 5.02 Å². The average molecular weight is 361 g/mol. The van der Waals surface area contributed by atoms with Crippen LogP contribution in [-0.2, 0) is 13.0 Å². The first-order valence-corrected chi connectivity index (χ1v) is 8.27. The van der Waals surface area contributed by atoms with Crippen molar-refractivity contribution in [3.8, 4) is 11.4 Å². The third-order valence-corrected chi connectivity index (χ3v) is 4.07. The SMILES string of the molecule is COc1ccc(-[n+]2[nH]oc(=O)c2CNCCc2cccc(Cl)c2)cc1. The number of aromatic nitrogens is 2. The number of aromatic amines is 1. The number of rotatable bonds is 7. The highest BCUT2D eigenvalue weighted by Crippen LogP contribution is 2.11. The van der Waals surface area contributed by atoms with Crippen LogP contribution in [0.3, 0.4) is 0 Å². The van der Waals surface area contributed by atoms with Crippen LogP contribution in [0.1, 0.15) is 11.3 Å². The van der Waals surface area contributed by atoms with Crippen molar-refractivity contribution in [3.05, 3.63) is 75.2 Å². The molecule has 0 saturated carbocycles. The van der Waals surface area contributed by atoms with Gasteiger partial charge in [0.25, 0.3) is 0 Å². The van der Waals surface area contributed by atoms with E-state index >= 15 is 0 Å². The van der Waals surface area contributed by atoms with Gasteiger partial charge in [-0.2, -0.15) is 0 Å². The predicted molar refractivity (Wildman–Crippen MR) is 94.3 cm³/mol. The average Bonchev–Trinajstić information content (AvgIpc) is 2.99. The van der Waals surface area contributed by atoms with E-state index in [9.17, 15) is 4.79 Å². The predicted octanol–water partition coefficient (Wildman–Crippen LogP) is 2.24. The molecule has 0 atom stereocenters. The lowest BCUT2D eigenvalue weighted by molar-refractivity contribution is -0.677. The summed E-state index contributed by atoms with van der Waals surface area (Å²) in [5.41, 5.74) is 2.03. The Morgan fingerprint density at radius 1 is 1.24 bits per heavy atom. The Kier molecular flexibility index (Phi) is 5.53. The Morgan fingerprint density at radius 3 is 2.76 bits per heavy atom. The number of hydrogen-bond donors (Lipinski definition) is 2. The van der Waals surface area contributed by atoms with Crippen LogP contribution in [0.15, 0.2) is 57.8 Å². The van der Waals surface area contributed by atoms with Crippen molar-refractivity contribution in [3.63, 3.8) is 0 Å². The van der Waals surface area contributed by atoms with Gasteiger partial charge in [0.05, 0.1) is 13.7 Å². The van der Waals surface area contributed by atoms with Crippen molar-refractivity contribution < 1.29 is 13.9 Å². The number of nitrogens with one attached hydrogen (secondary N) is 2. The van der Waals surface area contributed by atoms with Gasteiger partial charge in [0.2, 0.25) is 5.69 Å². The van der Waals surface area contributed by atoms with Crippen molar-refractivity contribution in [2.24, 2.45) is 0 Å². The van der Waals surface area contributed by atoms with Crippen LogP contribution in [0.4, 0.5) is 0 Å². The normalized spacial score (nSPS) is 10.8. The van der Waals surface area contributed by atoms with E-state index in [-0.39, 0.29) is 0 Å². The van der Waals surface area contributed by atoms with Crippen molar-refractivity contribution in [1.29, 1.82) is 0 Å². The summed E-state index contributed by atoms with van der Waals surface area (Å²) in [6.07, 6.45) is 0.818. The summed E-state index contributed by atoms with van der Waals surface area (Å²) in [6, 6.07) is 15.1. The van der Waals surface area contributed by atoms with Crippen LogP contribution in [0.5, 0.6) is 5.75 Å². The molecule has 0 aliphatic carbocycles. The number of hydrogen-bond acceptors (Lipinski definition) is 4. The van der Waals surface area contributed by atoms with E-state index in [0.29, 0.717) is 18.8 Å². The van der Waals surface area contributed by atoms with E-state index in [1.807, 2.05) is 48.5 Å². The second kappa shape index (κ2) is 8.00.